The number of halogens is 1. The summed E-state index contributed by atoms with van der Waals surface area (Å²) >= 11 is 0. The van der Waals surface area contributed by atoms with Crippen molar-refractivity contribution >= 4 is 0 Å². The highest BCUT2D eigenvalue weighted by molar-refractivity contribution is 5.40. The third-order valence-electron chi connectivity index (χ3n) is 2.84. The number of hydrogen-bond donors (Lipinski definition) is 1. The molecular weight excluding hydrogens is 233 g/mol. The van der Waals surface area contributed by atoms with E-state index in [1.54, 1.807) is 20.2 Å². The summed E-state index contributed by atoms with van der Waals surface area (Å²) < 4.78 is 24.2. The first-order valence-electron chi connectivity index (χ1n) is 5.72. The van der Waals surface area contributed by atoms with Crippen molar-refractivity contribution in [3.05, 3.63) is 53.2 Å². The minimum absolute atomic E-state index is 0.232. The van der Waals surface area contributed by atoms with Gasteiger partial charge in [0.25, 0.3) is 0 Å². The Labute approximate surface area is 106 Å². The van der Waals surface area contributed by atoms with Crippen LogP contribution < -0.4 is 10.1 Å². The second-order valence-electron chi connectivity index (χ2n) is 4.06. The molecule has 0 spiro atoms. The van der Waals surface area contributed by atoms with Crippen LogP contribution >= 0.6 is 0 Å². The molecule has 0 aliphatic rings. The summed E-state index contributed by atoms with van der Waals surface area (Å²) in [4.78, 5) is 0. The average Bonchev–Trinajstić information content (AvgIpc) is 2.77. The molecule has 1 N–H and O–H groups in total. The highest BCUT2D eigenvalue weighted by Crippen LogP contribution is 2.31. The van der Waals surface area contributed by atoms with E-state index in [4.69, 9.17) is 9.15 Å². The number of methoxy groups -OCH3 is 1. The summed E-state index contributed by atoms with van der Waals surface area (Å²) in [6.07, 6.45) is 0. The van der Waals surface area contributed by atoms with Crippen LogP contribution in [0.15, 0.2) is 34.7 Å². The lowest BCUT2D eigenvalue weighted by Crippen LogP contribution is -2.18. The summed E-state index contributed by atoms with van der Waals surface area (Å²) in [6, 6.07) is 7.97. The van der Waals surface area contributed by atoms with Gasteiger partial charge in [0, 0.05) is 5.56 Å². The van der Waals surface area contributed by atoms with Crippen LogP contribution in [-0.2, 0) is 0 Å². The average molecular weight is 249 g/mol. The Morgan fingerprint density at radius 3 is 2.61 bits per heavy atom. The fraction of sp³-hybridized carbons (Fsp3) is 0.286. The Morgan fingerprint density at radius 2 is 2.06 bits per heavy atom. The largest absolute Gasteiger partial charge is 0.496 e. The molecule has 1 aromatic carbocycles. The monoisotopic (exact) mass is 249 g/mol. The lowest BCUT2D eigenvalue weighted by Gasteiger charge is -2.17. The van der Waals surface area contributed by atoms with E-state index < -0.39 is 0 Å². The minimum atomic E-state index is -0.297. The van der Waals surface area contributed by atoms with Gasteiger partial charge in [0.2, 0.25) is 0 Å². The van der Waals surface area contributed by atoms with Crippen molar-refractivity contribution in [2.75, 3.05) is 14.2 Å². The van der Waals surface area contributed by atoms with Crippen LogP contribution in [-0.4, -0.2) is 14.2 Å². The van der Waals surface area contributed by atoms with Crippen LogP contribution in [0.5, 0.6) is 5.75 Å². The molecule has 0 saturated heterocycles. The summed E-state index contributed by atoms with van der Waals surface area (Å²) in [6.45, 7) is 1.87. The van der Waals surface area contributed by atoms with Gasteiger partial charge in [-0.3, -0.25) is 0 Å². The molecule has 1 heterocycles. The van der Waals surface area contributed by atoms with Crippen LogP contribution in [0.1, 0.15) is 23.1 Å². The molecule has 4 heteroatoms. The molecule has 3 nitrogen and oxygen atoms in total. The van der Waals surface area contributed by atoms with Gasteiger partial charge in [-0.25, -0.2) is 4.39 Å². The van der Waals surface area contributed by atoms with Crippen molar-refractivity contribution in [2.45, 2.75) is 13.0 Å². The number of hydrogen-bond acceptors (Lipinski definition) is 3. The van der Waals surface area contributed by atoms with Crippen LogP contribution in [0.3, 0.4) is 0 Å². The van der Waals surface area contributed by atoms with E-state index in [-0.39, 0.29) is 11.9 Å². The van der Waals surface area contributed by atoms with Gasteiger partial charge in [-0.2, -0.15) is 0 Å². The topological polar surface area (TPSA) is 34.4 Å². The van der Waals surface area contributed by atoms with E-state index >= 15 is 0 Å². The molecule has 0 bridgehead atoms. The zero-order chi connectivity index (χ0) is 13.1. The first kappa shape index (κ1) is 12.6. The SMILES string of the molecule is CNC(c1ccc(C)o1)c1cc(F)ccc1OC. The zero-order valence-corrected chi connectivity index (χ0v) is 10.7. The first-order valence-corrected chi connectivity index (χ1v) is 5.72. The normalized spacial score (nSPS) is 12.4. The Hall–Kier alpha value is -1.81. The standard InChI is InChI=1S/C14H16FNO2/c1-9-4-6-13(18-9)14(16-2)11-8-10(15)5-7-12(11)17-3/h4-8,14,16H,1-3H3. The number of benzene rings is 1. The van der Waals surface area contributed by atoms with Crippen molar-refractivity contribution in [3.63, 3.8) is 0 Å². The van der Waals surface area contributed by atoms with Gasteiger partial charge < -0.3 is 14.5 Å². The Kier molecular flexibility index (Phi) is 3.67. The van der Waals surface area contributed by atoms with Crippen molar-refractivity contribution < 1.29 is 13.5 Å². The van der Waals surface area contributed by atoms with E-state index in [2.05, 4.69) is 5.32 Å². The number of ether oxygens (including phenoxy) is 1. The number of nitrogens with one attached hydrogen (secondary N) is 1. The van der Waals surface area contributed by atoms with Gasteiger partial charge in [-0.05, 0) is 44.3 Å². The van der Waals surface area contributed by atoms with Crippen LogP contribution in [0.2, 0.25) is 0 Å². The molecule has 1 atom stereocenters. The fourth-order valence-electron chi connectivity index (χ4n) is 1.99. The predicted molar refractivity (Wildman–Crippen MR) is 67.3 cm³/mol. The van der Waals surface area contributed by atoms with Gasteiger partial charge in [0.15, 0.2) is 0 Å². The molecule has 2 rings (SSSR count). The Morgan fingerprint density at radius 1 is 1.28 bits per heavy atom. The van der Waals surface area contributed by atoms with E-state index in [0.29, 0.717) is 11.3 Å². The van der Waals surface area contributed by atoms with Crippen LogP contribution in [0.25, 0.3) is 0 Å². The second-order valence-corrected chi connectivity index (χ2v) is 4.06. The van der Waals surface area contributed by atoms with E-state index in [1.165, 1.54) is 12.1 Å². The molecule has 0 fully saturated rings. The smallest absolute Gasteiger partial charge is 0.125 e. The molecule has 2 aromatic rings. The molecule has 96 valence electrons. The molecule has 18 heavy (non-hydrogen) atoms. The van der Waals surface area contributed by atoms with Gasteiger partial charge in [0.1, 0.15) is 23.1 Å². The summed E-state index contributed by atoms with van der Waals surface area (Å²) in [5, 5.41) is 3.11. The third kappa shape index (κ3) is 2.38. The van der Waals surface area contributed by atoms with Crippen molar-refractivity contribution in [1.29, 1.82) is 0 Å². The molecule has 0 radical (unpaired) electrons. The van der Waals surface area contributed by atoms with Gasteiger partial charge in [0.05, 0.1) is 13.2 Å². The zero-order valence-electron chi connectivity index (χ0n) is 10.7. The maximum absolute atomic E-state index is 13.4. The lowest BCUT2D eigenvalue weighted by atomic mass is 10.0. The fourth-order valence-corrected chi connectivity index (χ4v) is 1.99. The van der Waals surface area contributed by atoms with E-state index in [9.17, 15) is 4.39 Å². The molecular formula is C14H16FNO2. The molecule has 1 aromatic heterocycles. The van der Waals surface area contributed by atoms with E-state index in [0.717, 1.165) is 11.5 Å². The Balaban J connectivity index is 2.47. The quantitative estimate of drug-likeness (QED) is 0.904. The summed E-state index contributed by atoms with van der Waals surface area (Å²) in [7, 11) is 3.36. The highest BCUT2D eigenvalue weighted by atomic mass is 19.1. The third-order valence-corrected chi connectivity index (χ3v) is 2.84. The van der Waals surface area contributed by atoms with Crippen LogP contribution in [0.4, 0.5) is 4.39 Å². The lowest BCUT2D eigenvalue weighted by molar-refractivity contribution is 0.392. The Bertz CT molecular complexity index is 536. The number of aryl methyl sites for hydroxylation is 1. The molecule has 0 aliphatic carbocycles. The molecule has 0 aliphatic heterocycles. The summed E-state index contributed by atoms with van der Waals surface area (Å²) in [5.41, 5.74) is 0.717. The molecule has 1 unspecified atom stereocenters. The highest BCUT2D eigenvalue weighted by Gasteiger charge is 2.20. The predicted octanol–water partition coefficient (Wildman–Crippen LogP) is 3.04. The van der Waals surface area contributed by atoms with Gasteiger partial charge in [-0.1, -0.05) is 0 Å². The molecule has 0 saturated carbocycles. The number of furan rings is 1. The first-order chi connectivity index (χ1) is 8.65. The maximum atomic E-state index is 13.4. The van der Waals surface area contributed by atoms with E-state index in [1.807, 2.05) is 19.1 Å². The van der Waals surface area contributed by atoms with Crippen molar-refractivity contribution in [3.8, 4) is 5.75 Å². The van der Waals surface area contributed by atoms with Crippen molar-refractivity contribution in [1.82, 2.24) is 5.32 Å². The van der Waals surface area contributed by atoms with Crippen LogP contribution in [0, 0.1) is 12.7 Å². The number of rotatable bonds is 4. The van der Waals surface area contributed by atoms with Crippen molar-refractivity contribution in [2.24, 2.45) is 0 Å². The minimum Gasteiger partial charge on any atom is -0.496 e. The second kappa shape index (κ2) is 5.23. The van der Waals surface area contributed by atoms with Gasteiger partial charge >= 0.3 is 0 Å². The van der Waals surface area contributed by atoms with Gasteiger partial charge in [-0.15, -0.1) is 0 Å². The summed E-state index contributed by atoms with van der Waals surface area (Å²) in [5.74, 6) is 1.89. The molecule has 0 amide bonds. The maximum Gasteiger partial charge on any atom is 0.125 e.